The summed E-state index contributed by atoms with van der Waals surface area (Å²) in [5.74, 6) is -0.474. The summed E-state index contributed by atoms with van der Waals surface area (Å²) < 4.78 is 28.9. The summed E-state index contributed by atoms with van der Waals surface area (Å²) in [6, 6.07) is -0.966. The second kappa shape index (κ2) is 7.07. The van der Waals surface area contributed by atoms with Crippen LogP contribution in [0.3, 0.4) is 0 Å². The zero-order chi connectivity index (χ0) is 15.5. The third-order valence-electron chi connectivity index (χ3n) is 4.72. The summed E-state index contributed by atoms with van der Waals surface area (Å²) in [4.78, 5) is 11.3. The third-order valence-corrected chi connectivity index (χ3v) is 6.41. The van der Waals surface area contributed by atoms with Crippen LogP contribution in [0.5, 0.6) is 0 Å². The third kappa shape index (κ3) is 4.17. The molecule has 0 aromatic heterocycles. The van der Waals surface area contributed by atoms with Crippen LogP contribution in [-0.4, -0.2) is 42.4 Å². The van der Waals surface area contributed by atoms with E-state index in [1.807, 2.05) is 0 Å². The summed E-state index contributed by atoms with van der Waals surface area (Å²) in [5.41, 5.74) is 0. The molecular weight excluding hydrogens is 292 g/mol. The number of aliphatic carboxylic acids is 1. The van der Waals surface area contributed by atoms with Crippen LogP contribution in [-0.2, 0) is 15.0 Å². The summed E-state index contributed by atoms with van der Waals surface area (Å²) >= 11 is 0. The average molecular weight is 318 g/mol. The van der Waals surface area contributed by atoms with Gasteiger partial charge in [0, 0.05) is 12.6 Å². The predicted molar refractivity (Wildman–Crippen MR) is 80.1 cm³/mol. The van der Waals surface area contributed by atoms with Crippen LogP contribution in [0.15, 0.2) is 0 Å². The van der Waals surface area contributed by atoms with Crippen molar-refractivity contribution in [2.45, 2.75) is 70.4 Å². The van der Waals surface area contributed by atoms with E-state index >= 15 is 0 Å². The van der Waals surface area contributed by atoms with Gasteiger partial charge in [0.15, 0.2) is 0 Å². The van der Waals surface area contributed by atoms with Gasteiger partial charge in [-0.3, -0.25) is 4.79 Å². The lowest BCUT2D eigenvalue weighted by molar-refractivity contribution is -0.142. The molecule has 1 saturated heterocycles. The highest BCUT2D eigenvalue weighted by Crippen LogP contribution is 2.28. The molecule has 21 heavy (non-hydrogen) atoms. The van der Waals surface area contributed by atoms with Crippen LogP contribution in [0.4, 0.5) is 0 Å². The van der Waals surface area contributed by atoms with Crippen LogP contribution in [0, 0.1) is 5.92 Å². The van der Waals surface area contributed by atoms with E-state index in [1.54, 1.807) is 0 Å². The van der Waals surface area contributed by atoms with Crippen molar-refractivity contribution in [3.63, 3.8) is 0 Å². The molecule has 0 radical (unpaired) electrons. The molecule has 1 aliphatic carbocycles. The molecule has 6 nitrogen and oxygen atoms in total. The molecule has 2 aliphatic rings. The molecule has 122 valence electrons. The smallest absolute Gasteiger partial charge is 0.322 e. The van der Waals surface area contributed by atoms with Crippen molar-refractivity contribution < 1.29 is 18.3 Å². The Bertz CT molecular complexity index is 466. The van der Waals surface area contributed by atoms with E-state index in [4.69, 9.17) is 0 Å². The number of carboxylic acids is 1. The number of nitrogens with zero attached hydrogens (tertiary/aromatic N) is 1. The Kier molecular flexibility index (Phi) is 5.62. The topological polar surface area (TPSA) is 86.7 Å². The number of nitrogens with one attached hydrogen (secondary N) is 1. The number of hydrogen-bond donors (Lipinski definition) is 2. The first kappa shape index (κ1) is 16.7. The summed E-state index contributed by atoms with van der Waals surface area (Å²) in [6.07, 6.45) is 6.88. The molecule has 0 bridgehead atoms. The Balaban J connectivity index is 2.04. The van der Waals surface area contributed by atoms with Crippen LogP contribution in [0.25, 0.3) is 0 Å². The van der Waals surface area contributed by atoms with E-state index in [0.29, 0.717) is 18.9 Å². The Morgan fingerprint density at radius 2 is 2.00 bits per heavy atom. The fourth-order valence-corrected chi connectivity index (χ4v) is 5.16. The van der Waals surface area contributed by atoms with E-state index in [0.717, 1.165) is 49.3 Å². The Morgan fingerprint density at radius 3 is 2.67 bits per heavy atom. The van der Waals surface area contributed by atoms with Crippen molar-refractivity contribution in [1.29, 1.82) is 0 Å². The molecule has 3 unspecified atom stereocenters. The number of hydrogen-bond acceptors (Lipinski definition) is 3. The first-order valence-corrected chi connectivity index (χ1v) is 9.40. The lowest BCUT2D eigenvalue weighted by Crippen LogP contribution is -2.54. The zero-order valence-corrected chi connectivity index (χ0v) is 13.4. The van der Waals surface area contributed by atoms with E-state index in [9.17, 15) is 18.3 Å². The number of carbonyl (C=O) groups is 1. The molecule has 0 aromatic carbocycles. The highest BCUT2D eigenvalue weighted by Gasteiger charge is 2.38. The SMILES string of the molecule is CCC1CCCC(NS(=O)(=O)N2CCCCC2C(=O)O)C1. The Morgan fingerprint density at radius 1 is 1.24 bits per heavy atom. The number of carboxylic acid groups (broad SMARTS) is 1. The number of rotatable bonds is 5. The van der Waals surface area contributed by atoms with Gasteiger partial charge in [-0.2, -0.15) is 17.4 Å². The van der Waals surface area contributed by atoms with Crippen molar-refractivity contribution in [3.05, 3.63) is 0 Å². The average Bonchev–Trinajstić information content (AvgIpc) is 2.47. The molecule has 1 heterocycles. The van der Waals surface area contributed by atoms with Gasteiger partial charge in [0.2, 0.25) is 0 Å². The van der Waals surface area contributed by atoms with Crippen molar-refractivity contribution >= 4 is 16.2 Å². The number of piperidine rings is 1. The van der Waals surface area contributed by atoms with Crippen LogP contribution < -0.4 is 4.72 Å². The maximum atomic E-state index is 12.5. The molecule has 2 N–H and O–H groups in total. The summed E-state index contributed by atoms with van der Waals surface area (Å²) in [6.45, 7) is 2.43. The first-order valence-electron chi connectivity index (χ1n) is 7.96. The van der Waals surface area contributed by atoms with Gasteiger partial charge in [0.1, 0.15) is 6.04 Å². The van der Waals surface area contributed by atoms with E-state index in [1.165, 1.54) is 0 Å². The molecule has 1 saturated carbocycles. The summed E-state index contributed by atoms with van der Waals surface area (Å²) in [7, 11) is -3.71. The standard InChI is InChI=1S/C14H26N2O4S/c1-2-11-6-5-7-12(10-11)15-21(19,20)16-9-4-3-8-13(16)14(17)18/h11-13,15H,2-10H2,1H3,(H,17,18). The second-order valence-corrected chi connectivity index (χ2v) is 7.88. The quantitative estimate of drug-likeness (QED) is 0.808. The minimum absolute atomic E-state index is 0.0509. The van der Waals surface area contributed by atoms with Gasteiger partial charge in [-0.25, -0.2) is 0 Å². The first-order chi connectivity index (χ1) is 9.94. The normalized spacial score (nSPS) is 32.0. The fraction of sp³-hybridized carbons (Fsp3) is 0.929. The largest absolute Gasteiger partial charge is 0.480 e. The van der Waals surface area contributed by atoms with Gasteiger partial charge in [0.25, 0.3) is 10.2 Å². The van der Waals surface area contributed by atoms with Gasteiger partial charge in [0.05, 0.1) is 0 Å². The molecule has 2 rings (SSSR count). The lowest BCUT2D eigenvalue weighted by atomic mass is 9.85. The maximum Gasteiger partial charge on any atom is 0.322 e. The van der Waals surface area contributed by atoms with Crippen molar-refractivity contribution in [2.24, 2.45) is 5.92 Å². The minimum Gasteiger partial charge on any atom is -0.480 e. The van der Waals surface area contributed by atoms with Crippen molar-refractivity contribution in [1.82, 2.24) is 9.03 Å². The molecule has 0 aromatic rings. The predicted octanol–water partition coefficient (Wildman–Crippen LogP) is 1.73. The van der Waals surface area contributed by atoms with E-state index in [-0.39, 0.29) is 6.04 Å². The second-order valence-electron chi connectivity index (χ2n) is 6.22. The molecule has 0 amide bonds. The Hall–Kier alpha value is -0.660. The van der Waals surface area contributed by atoms with Crippen molar-refractivity contribution in [2.75, 3.05) is 6.54 Å². The van der Waals surface area contributed by atoms with E-state index < -0.39 is 22.2 Å². The van der Waals surface area contributed by atoms with Gasteiger partial charge < -0.3 is 5.11 Å². The van der Waals surface area contributed by atoms with Gasteiger partial charge in [-0.15, -0.1) is 0 Å². The van der Waals surface area contributed by atoms with Crippen LogP contribution in [0.1, 0.15) is 58.3 Å². The van der Waals surface area contributed by atoms with Crippen LogP contribution in [0.2, 0.25) is 0 Å². The lowest BCUT2D eigenvalue weighted by Gasteiger charge is -2.35. The highest BCUT2D eigenvalue weighted by atomic mass is 32.2. The fourth-order valence-electron chi connectivity index (χ4n) is 3.49. The molecule has 7 heteroatoms. The van der Waals surface area contributed by atoms with Gasteiger partial charge in [-0.1, -0.05) is 26.2 Å². The molecule has 0 spiro atoms. The molecule has 3 atom stereocenters. The minimum atomic E-state index is -3.71. The van der Waals surface area contributed by atoms with Crippen LogP contribution >= 0.6 is 0 Å². The molecule has 1 aliphatic heterocycles. The zero-order valence-electron chi connectivity index (χ0n) is 12.6. The van der Waals surface area contributed by atoms with Gasteiger partial charge in [-0.05, 0) is 38.0 Å². The van der Waals surface area contributed by atoms with Gasteiger partial charge >= 0.3 is 5.97 Å². The molecular formula is C14H26N2O4S. The summed E-state index contributed by atoms with van der Waals surface area (Å²) in [5, 5.41) is 9.22. The Labute approximate surface area is 127 Å². The monoisotopic (exact) mass is 318 g/mol. The highest BCUT2D eigenvalue weighted by molar-refractivity contribution is 7.87. The molecule has 2 fully saturated rings. The van der Waals surface area contributed by atoms with E-state index in [2.05, 4.69) is 11.6 Å². The van der Waals surface area contributed by atoms with Crippen molar-refractivity contribution in [3.8, 4) is 0 Å². The maximum absolute atomic E-state index is 12.5.